The van der Waals surface area contributed by atoms with Crippen molar-refractivity contribution in [3.05, 3.63) is 23.2 Å². The van der Waals surface area contributed by atoms with Crippen molar-refractivity contribution < 1.29 is 14.3 Å². The quantitative estimate of drug-likeness (QED) is 0.704. The minimum Gasteiger partial charge on any atom is -0.495 e. The van der Waals surface area contributed by atoms with Crippen LogP contribution in [0.25, 0.3) is 0 Å². The van der Waals surface area contributed by atoms with Crippen molar-refractivity contribution in [1.82, 2.24) is 10.6 Å². The Morgan fingerprint density at radius 1 is 1.16 bits per heavy atom. The predicted octanol–water partition coefficient (Wildman–Crippen LogP) is 3.38. The van der Waals surface area contributed by atoms with E-state index in [0.717, 1.165) is 61.4 Å². The van der Waals surface area contributed by atoms with Gasteiger partial charge in [0.25, 0.3) is 0 Å². The van der Waals surface area contributed by atoms with Crippen molar-refractivity contribution >= 4 is 29.1 Å². The molecule has 6 nitrogen and oxygen atoms in total. The molecule has 4 aliphatic carbocycles. The third-order valence-corrected chi connectivity index (χ3v) is 8.20. The molecule has 6 rings (SSSR count). The molecule has 0 aromatic heterocycles. The second-order valence-electron chi connectivity index (χ2n) is 10.2. The van der Waals surface area contributed by atoms with Gasteiger partial charge in [0.05, 0.1) is 19.3 Å². The van der Waals surface area contributed by atoms with Crippen LogP contribution in [0, 0.1) is 23.2 Å². The lowest BCUT2D eigenvalue weighted by Gasteiger charge is -2.55. The summed E-state index contributed by atoms with van der Waals surface area (Å²) in [5.41, 5.74) is 0.740. The highest BCUT2D eigenvalue weighted by Gasteiger charge is 2.54. The van der Waals surface area contributed by atoms with E-state index in [-0.39, 0.29) is 29.8 Å². The van der Waals surface area contributed by atoms with Gasteiger partial charge in [-0.25, -0.2) is 0 Å². The number of hydrogen-bond acceptors (Lipinski definition) is 4. The number of rotatable bonds is 6. The molecule has 168 valence electrons. The molecule has 0 spiro atoms. The smallest absolute Gasteiger partial charge is 0.239 e. The van der Waals surface area contributed by atoms with Crippen LogP contribution in [0.2, 0.25) is 5.02 Å². The Labute approximate surface area is 189 Å². The molecule has 1 aliphatic heterocycles. The molecular formula is C24H32ClN3O3. The number of carbonyl (C=O) groups excluding carboxylic acids is 2. The molecule has 1 saturated heterocycles. The minimum absolute atomic E-state index is 0.0487. The zero-order valence-electron chi connectivity index (χ0n) is 18.2. The summed E-state index contributed by atoms with van der Waals surface area (Å²) in [6.07, 6.45) is 7.83. The molecule has 1 aromatic carbocycles. The van der Waals surface area contributed by atoms with Gasteiger partial charge in [-0.2, -0.15) is 0 Å². The lowest BCUT2D eigenvalue weighted by atomic mass is 9.49. The number of benzene rings is 1. The van der Waals surface area contributed by atoms with Crippen LogP contribution < -0.4 is 20.3 Å². The first-order chi connectivity index (χ1) is 14.9. The van der Waals surface area contributed by atoms with Crippen LogP contribution in [0.5, 0.6) is 5.75 Å². The molecule has 1 aromatic rings. The first kappa shape index (κ1) is 20.9. The van der Waals surface area contributed by atoms with Crippen molar-refractivity contribution in [1.29, 1.82) is 0 Å². The van der Waals surface area contributed by atoms with E-state index in [1.807, 2.05) is 18.2 Å². The summed E-state index contributed by atoms with van der Waals surface area (Å²) in [7, 11) is 1.65. The highest BCUT2D eigenvalue weighted by atomic mass is 35.5. The summed E-state index contributed by atoms with van der Waals surface area (Å²) in [6, 6.07) is 5.62. The standard InChI is InChI=1S/C24H32ClN3O3/c1-31-21-3-2-18(25)9-20(21)28-5-4-19(14-28)27-22(29)13-26-23(30)24-10-15-6-16(11-24)8-17(7-15)12-24/h2-3,9,15-17,19H,4-8,10-14H2,1H3,(H,26,30)(H,27,29). The normalized spacial score (nSPS) is 33.4. The van der Waals surface area contributed by atoms with Gasteiger partial charge in [-0.3, -0.25) is 9.59 Å². The second-order valence-corrected chi connectivity index (χ2v) is 10.6. The summed E-state index contributed by atoms with van der Waals surface area (Å²) in [5.74, 6) is 2.94. The topological polar surface area (TPSA) is 70.7 Å². The number of hydrogen-bond donors (Lipinski definition) is 2. The number of halogens is 1. The Kier molecular flexibility index (Phi) is 5.53. The number of amides is 2. The zero-order valence-corrected chi connectivity index (χ0v) is 18.9. The van der Waals surface area contributed by atoms with Gasteiger partial charge in [0.15, 0.2) is 0 Å². The van der Waals surface area contributed by atoms with Crippen LogP contribution in [0.4, 0.5) is 5.69 Å². The first-order valence-electron chi connectivity index (χ1n) is 11.6. The Morgan fingerprint density at radius 2 is 1.84 bits per heavy atom. The number of nitrogens with one attached hydrogen (secondary N) is 2. The Morgan fingerprint density at radius 3 is 2.48 bits per heavy atom. The molecule has 1 heterocycles. The highest BCUT2D eigenvalue weighted by Crippen LogP contribution is 2.60. The molecule has 2 N–H and O–H groups in total. The van der Waals surface area contributed by atoms with Crippen molar-refractivity contribution in [3.8, 4) is 5.75 Å². The molecule has 31 heavy (non-hydrogen) atoms. The van der Waals surface area contributed by atoms with Gasteiger partial charge in [0.2, 0.25) is 11.8 Å². The third kappa shape index (κ3) is 4.11. The predicted molar refractivity (Wildman–Crippen MR) is 120 cm³/mol. The average molecular weight is 446 g/mol. The second kappa shape index (κ2) is 8.19. The van der Waals surface area contributed by atoms with Gasteiger partial charge in [-0.15, -0.1) is 0 Å². The summed E-state index contributed by atoms with van der Waals surface area (Å²) in [4.78, 5) is 27.8. The summed E-state index contributed by atoms with van der Waals surface area (Å²) < 4.78 is 5.46. The van der Waals surface area contributed by atoms with Crippen molar-refractivity contribution in [3.63, 3.8) is 0 Å². The van der Waals surface area contributed by atoms with Crippen LogP contribution in [0.1, 0.15) is 44.9 Å². The molecular weight excluding hydrogens is 414 g/mol. The number of ether oxygens (including phenoxy) is 1. The lowest BCUT2D eigenvalue weighted by molar-refractivity contribution is -0.147. The average Bonchev–Trinajstić information content (AvgIpc) is 3.19. The van der Waals surface area contributed by atoms with E-state index in [9.17, 15) is 9.59 Å². The number of anilines is 1. The van der Waals surface area contributed by atoms with Crippen LogP contribution in [-0.4, -0.2) is 44.6 Å². The minimum atomic E-state index is -0.206. The van der Waals surface area contributed by atoms with Gasteiger partial charge >= 0.3 is 0 Å². The van der Waals surface area contributed by atoms with Crippen LogP contribution >= 0.6 is 11.6 Å². The largest absolute Gasteiger partial charge is 0.495 e. The maximum Gasteiger partial charge on any atom is 0.239 e. The van der Waals surface area contributed by atoms with E-state index in [0.29, 0.717) is 11.6 Å². The molecule has 2 amide bonds. The van der Waals surface area contributed by atoms with E-state index < -0.39 is 0 Å². The Bertz CT molecular complexity index is 838. The summed E-state index contributed by atoms with van der Waals surface area (Å²) in [6.45, 7) is 1.59. The monoisotopic (exact) mass is 445 g/mol. The molecule has 1 unspecified atom stereocenters. The van der Waals surface area contributed by atoms with Gasteiger partial charge in [-0.05, 0) is 80.9 Å². The van der Waals surface area contributed by atoms with Crippen molar-refractivity contribution in [2.45, 2.75) is 51.0 Å². The van der Waals surface area contributed by atoms with Crippen molar-refractivity contribution in [2.24, 2.45) is 23.2 Å². The molecule has 5 aliphatic rings. The van der Waals surface area contributed by atoms with Crippen LogP contribution in [0.15, 0.2) is 18.2 Å². The Balaban J connectivity index is 1.13. The van der Waals surface area contributed by atoms with E-state index in [1.165, 1.54) is 19.3 Å². The van der Waals surface area contributed by atoms with Crippen LogP contribution in [-0.2, 0) is 9.59 Å². The zero-order chi connectivity index (χ0) is 21.6. The first-order valence-corrected chi connectivity index (χ1v) is 12.0. The molecule has 0 radical (unpaired) electrons. The maximum absolute atomic E-state index is 13.1. The summed E-state index contributed by atoms with van der Waals surface area (Å²) >= 11 is 6.16. The third-order valence-electron chi connectivity index (χ3n) is 7.96. The molecule has 7 heteroatoms. The number of nitrogens with zero attached hydrogens (tertiary/aromatic N) is 1. The van der Waals surface area contributed by atoms with Gasteiger partial charge in [0, 0.05) is 29.6 Å². The number of methoxy groups -OCH3 is 1. The Hall–Kier alpha value is -1.95. The van der Waals surface area contributed by atoms with Crippen LogP contribution in [0.3, 0.4) is 0 Å². The fourth-order valence-electron chi connectivity index (χ4n) is 7.02. The van der Waals surface area contributed by atoms with Gasteiger partial charge in [-0.1, -0.05) is 11.6 Å². The molecule has 4 bridgehead atoms. The number of carbonyl (C=O) groups is 2. The van der Waals surface area contributed by atoms with E-state index in [1.54, 1.807) is 7.11 Å². The fourth-order valence-corrected chi connectivity index (χ4v) is 7.19. The highest BCUT2D eigenvalue weighted by molar-refractivity contribution is 6.30. The molecule has 5 fully saturated rings. The maximum atomic E-state index is 13.1. The fraction of sp³-hybridized carbons (Fsp3) is 0.667. The van der Waals surface area contributed by atoms with Crippen molar-refractivity contribution in [2.75, 3.05) is 31.6 Å². The summed E-state index contributed by atoms with van der Waals surface area (Å²) in [5, 5.41) is 6.73. The van der Waals surface area contributed by atoms with E-state index >= 15 is 0 Å². The molecule has 4 saturated carbocycles. The SMILES string of the molecule is COc1ccc(Cl)cc1N1CCC(NC(=O)CNC(=O)C23CC4CC(CC(C4)C2)C3)C1. The van der Waals surface area contributed by atoms with E-state index in [4.69, 9.17) is 16.3 Å². The van der Waals surface area contributed by atoms with E-state index in [2.05, 4.69) is 15.5 Å². The molecule has 1 atom stereocenters. The van der Waals surface area contributed by atoms with Gasteiger partial charge in [0.1, 0.15) is 5.75 Å². The lowest BCUT2D eigenvalue weighted by Crippen LogP contribution is -2.55. The van der Waals surface area contributed by atoms with Gasteiger partial charge < -0.3 is 20.3 Å².